The molecule has 1 amide bonds. The molecule has 1 aromatic rings. The molecule has 0 spiro atoms. The van der Waals surface area contributed by atoms with Gasteiger partial charge in [0.1, 0.15) is 5.56 Å². The number of anilines is 1. The molecule has 2 N–H and O–H groups in total. The molecule has 1 aliphatic rings. The summed E-state index contributed by atoms with van der Waals surface area (Å²) in [7, 11) is 0. The fourth-order valence-corrected chi connectivity index (χ4v) is 1.99. The number of rotatable bonds is 5. The molecule has 1 fully saturated rings. The maximum Gasteiger partial charge on any atom is 0.285 e. The number of benzene rings is 1. The van der Waals surface area contributed by atoms with Gasteiger partial charge in [0.25, 0.3) is 11.6 Å². The largest absolute Gasteiger partial charge is 0.383 e. The van der Waals surface area contributed by atoms with Crippen molar-refractivity contribution in [2.75, 3.05) is 11.9 Å². The van der Waals surface area contributed by atoms with Crippen LogP contribution in [0.15, 0.2) is 12.1 Å². The number of nitro groups is 1. The molecule has 6 nitrogen and oxygen atoms in total. The third-order valence-corrected chi connectivity index (χ3v) is 3.32. The predicted molar refractivity (Wildman–Crippen MR) is 72.3 cm³/mol. The van der Waals surface area contributed by atoms with Gasteiger partial charge in [-0.15, -0.1) is 0 Å². The van der Waals surface area contributed by atoms with Gasteiger partial charge in [0.2, 0.25) is 0 Å². The first-order valence-corrected chi connectivity index (χ1v) is 6.46. The molecule has 0 aromatic heterocycles. The lowest BCUT2D eigenvalue weighted by Gasteiger charge is -2.09. The molecular weight excluding hydrogens is 265 g/mol. The van der Waals surface area contributed by atoms with E-state index in [0.29, 0.717) is 12.5 Å². The molecule has 0 heterocycles. The second-order valence-electron chi connectivity index (χ2n) is 4.93. The number of hydrogen-bond acceptors (Lipinski definition) is 4. The molecule has 2 atom stereocenters. The van der Waals surface area contributed by atoms with E-state index in [0.717, 1.165) is 12.5 Å². The van der Waals surface area contributed by atoms with Crippen LogP contribution in [0.5, 0.6) is 0 Å². The number of nitrogens with one attached hydrogen (secondary N) is 2. The van der Waals surface area contributed by atoms with Gasteiger partial charge in [0.05, 0.1) is 16.7 Å². The standard InChI is InChI=1S/C13H16FN3O3/c1-3-15-11-5-8(12(17(19)20)6-9(11)14)13(18)16-10-4-7(10)2/h5-7,10,15H,3-4H2,1-2H3,(H,16,18). The van der Waals surface area contributed by atoms with E-state index >= 15 is 0 Å². The molecule has 2 unspecified atom stereocenters. The number of nitro benzene ring substituents is 1. The van der Waals surface area contributed by atoms with Crippen LogP contribution in [0.4, 0.5) is 15.8 Å². The summed E-state index contributed by atoms with van der Waals surface area (Å²) in [6.45, 7) is 4.20. The Kier molecular flexibility index (Phi) is 3.87. The minimum absolute atomic E-state index is 0.0507. The van der Waals surface area contributed by atoms with Crippen molar-refractivity contribution in [2.24, 2.45) is 5.92 Å². The number of amides is 1. The Labute approximate surface area is 115 Å². The van der Waals surface area contributed by atoms with Crippen LogP contribution in [-0.4, -0.2) is 23.4 Å². The zero-order chi connectivity index (χ0) is 14.9. The Morgan fingerprint density at radius 1 is 1.55 bits per heavy atom. The molecule has 0 radical (unpaired) electrons. The highest BCUT2D eigenvalue weighted by molar-refractivity contribution is 5.99. The number of halogens is 1. The van der Waals surface area contributed by atoms with E-state index in [1.807, 2.05) is 6.92 Å². The van der Waals surface area contributed by atoms with Crippen LogP contribution in [0.3, 0.4) is 0 Å². The van der Waals surface area contributed by atoms with Gasteiger partial charge in [-0.1, -0.05) is 6.92 Å². The van der Waals surface area contributed by atoms with E-state index in [1.54, 1.807) is 6.92 Å². The molecule has 1 aromatic carbocycles. The monoisotopic (exact) mass is 281 g/mol. The molecule has 108 valence electrons. The maximum atomic E-state index is 13.7. The summed E-state index contributed by atoms with van der Waals surface area (Å²) >= 11 is 0. The van der Waals surface area contributed by atoms with Crippen LogP contribution >= 0.6 is 0 Å². The van der Waals surface area contributed by atoms with Crippen molar-refractivity contribution in [3.8, 4) is 0 Å². The van der Waals surface area contributed by atoms with Gasteiger partial charge in [-0.25, -0.2) is 4.39 Å². The van der Waals surface area contributed by atoms with E-state index in [1.165, 1.54) is 6.07 Å². The minimum Gasteiger partial charge on any atom is -0.383 e. The second-order valence-corrected chi connectivity index (χ2v) is 4.93. The summed E-state index contributed by atoms with van der Waals surface area (Å²) in [6.07, 6.45) is 0.862. The first-order chi connectivity index (χ1) is 9.43. The molecular formula is C13H16FN3O3. The van der Waals surface area contributed by atoms with Crippen LogP contribution in [-0.2, 0) is 0 Å². The molecule has 20 heavy (non-hydrogen) atoms. The van der Waals surface area contributed by atoms with Crippen LogP contribution in [0.2, 0.25) is 0 Å². The highest BCUT2D eigenvalue weighted by Gasteiger charge is 2.35. The summed E-state index contributed by atoms with van der Waals surface area (Å²) < 4.78 is 13.7. The molecule has 7 heteroatoms. The Bertz CT molecular complexity index is 562. The highest BCUT2D eigenvalue weighted by atomic mass is 19.1. The van der Waals surface area contributed by atoms with Crippen LogP contribution in [0.1, 0.15) is 30.6 Å². The van der Waals surface area contributed by atoms with Gasteiger partial charge < -0.3 is 10.6 Å². The van der Waals surface area contributed by atoms with E-state index in [4.69, 9.17) is 0 Å². The normalized spacial score (nSPS) is 20.4. The summed E-state index contributed by atoms with van der Waals surface area (Å²) in [5.74, 6) is -0.896. The molecule has 0 saturated heterocycles. The van der Waals surface area contributed by atoms with Gasteiger partial charge in [-0.3, -0.25) is 14.9 Å². The molecule has 0 bridgehead atoms. The SMILES string of the molecule is CCNc1cc(C(=O)NC2CC2C)c([N+](=O)[O-])cc1F. The van der Waals surface area contributed by atoms with Gasteiger partial charge in [-0.05, 0) is 25.3 Å². The van der Waals surface area contributed by atoms with E-state index < -0.39 is 22.3 Å². The second kappa shape index (κ2) is 5.44. The van der Waals surface area contributed by atoms with Crippen molar-refractivity contribution >= 4 is 17.3 Å². The third kappa shape index (κ3) is 2.87. The average Bonchev–Trinajstić information content (AvgIpc) is 3.06. The van der Waals surface area contributed by atoms with Crippen LogP contribution in [0.25, 0.3) is 0 Å². The van der Waals surface area contributed by atoms with Crippen molar-refractivity contribution in [3.05, 3.63) is 33.6 Å². The zero-order valence-corrected chi connectivity index (χ0v) is 11.3. The quantitative estimate of drug-likeness (QED) is 0.640. The number of carbonyl (C=O) groups excluding carboxylic acids is 1. The molecule has 1 saturated carbocycles. The summed E-state index contributed by atoms with van der Waals surface area (Å²) in [5, 5.41) is 16.4. The number of hydrogen-bond donors (Lipinski definition) is 2. The molecule has 0 aliphatic heterocycles. The van der Waals surface area contributed by atoms with Crippen molar-refractivity contribution in [3.63, 3.8) is 0 Å². The lowest BCUT2D eigenvalue weighted by molar-refractivity contribution is -0.385. The first kappa shape index (κ1) is 14.2. The van der Waals surface area contributed by atoms with Crippen molar-refractivity contribution in [1.29, 1.82) is 0 Å². The van der Waals surface area contributed by atoms with Crippen LogP contribution in [0, 0.1) is 21.8 Å². The zero-order valence-electron chi connectivity index (χ0n) is 11.3. The van der Waals surface area contributed by atoms with Gasteiger partial charge in [-0.2, -0.15) is 0 Å². The van der Waals surface area contributed by atoms with Crippen LogP contribution < -0.4 is 10.6 Å². The Balaban J connectivity index is 2.34. The number of carbonyl (C=O) groups is 1. The summed E-state index contributed by atoms with van der Waals surface area (Å²) in [4.78, 5) is 22.3. The van der Waals surface area contributed by atoms with E-state index in [9.17, 15) is 19.3 Å². The average molecular weight is 281 g/mol. The van der Waals surface area contributed by atoms with Gasteiger partial charge in [0.15, 0.2) is 5.82 Å². The fourth-order valence-electron chi connectivity index (χ4n) is 1.99. The maximum absolute atomic E-state index is 13.7. The van der Waals surface area contributed by atoms with E-state index in [2.05, 4.69) is 10.6 Å². The van der Waals surface area contributed by atoms with Crippen molar-refractivity contribution < 1.29 is 14.1 Å². The number of nitrogens with zero attached hydrogens (tertiary/aromatic N) is 1. The highest BCUT2D eigenvalue weighted by Crippen LogP contribution is 2.31. The molecule has 2 rings (SSSR count). The summed E-state index contributed by atoms with van der Waals surface area (Å²) in [5.41, 5.74) is -0.548. The smallest absolute Gasteiger partial charge is 0.285 e. The Morgan fingerprint density at radius 2 is 2.20 bits per heavy atom. The fraction of sp³-hybridized carbons (Fsp3) is 0.462. The summed E-state index contributed by atoms with van der Waals surface area (Å²) in [6, 6.07) is 2.03. The predicted octanol–water partition coefficient (Wildman–Crippen LogP) is 2.30. The van der Waals surface area contributed by atoms with E-state index in [-0.39, 0.29) is 17.3 Å². The Hall–Kier alpha value is -2.18. The topological polar surface area (TPSA) is 84.3 Å². The third-order valence-electron chi connectivity index (χ3n) is 3.32. The lowest BCUT2D eigenvalue weighted by Crippen LogP contribution is -2.27. The van der Waals surface area contributed by atoms with Crippen molar-refractivity contribution in [1.82, 2.24) is 5.32 Å². The lowest BCUT2D eigenvalue weighted by atomic mass is 10.1. The van der Waals surface area contributed by atoms with Crippen molar-refractivity contribution in [2.45, 2.75) is 26.3 Å². The van der Waals surface area contributed by atoms with Gasteiger partial charge in [0, 0.05) is 12.6 Å². The molecule has 1 aliphatic carbocycles. The first-order valence-electron chi connectivity index (χ1n) is 6.46. The minimum atomic E-state index is -0.746. The Morgan fingerprint density at radius 3 is 2.70 bits per heavy atom. The van der Waals surface area contributed by atoms with Gasteiger partial charge >= 0.3 is 0 Å².